The summed E-state index contributed by atoms with van der Waals surface area (Å²) >= 11 is 0. The van der Waals surface area contributed by atoms with Gasteiger partial charge in [-0.15, -0.1) is 0 Å². The zero-order valence-corrected chi connectivity index (χ0v) is 13.2. The number of aliphatic carboxylic acids is 2. The van der Waals surface area contributed by atoms with E-state index in [2.05, 4.69) is 10.6 Å². The Bertz CT molecular complexity index is 349. The smallest absolute Gasteiger partial charge is 0.414 e. The molecule has 2 heterocycles. The summed E-state index contributed by atoms with van der Waals surface area (Å²) in [5.74, 6) is -3.65. The fourth-order valence-electron chi connectivity index (χ4n) is 3.80. The van der Waals surface area contributed by atoms with Gasteiger partial charge in [0.1, 0.15) is 0 Å². The predicted molar refractivity (Wildman–Crippen MR) is 82.9 cm³/mol. The lowest BCUT2D eigenvalue weighted by atomic mass is 9.76. The molecule has 4 rings (SSSR count). The van der Waals surface area contributed by atoms with Gasteiger partial charge in [-0.2, -0.15) is 0 Å². The average Bonchev–Trinajstić information content (AvgIpc) is 3.08. The van der Waals surface area contributed by atoms with Crippen LogP contribution in [0.1, 0.15) is 64.2 Å². The first-order chi connectivity index (χ1) is 10.5. The summed E-state index contributed by atoms with van der Waals surface area (Å²) in [6.45, 7) is 2.56. The van der Waals surface area contributed by atoms with Gasteiger partial charge < -0.3 is 20.8 Å². The van der Waals surface area contributed by atoms with Gasteiger partial charge in [0.15, 0.2) is 0 Å². The van der Waals surface area contributed by atoms with Crippen molar-refractivity contribution in [3.8, 4) is 0 Å². The highest BCUT2D eigenvalue weighted by atomic mass is 16.4. The van der Waals surface area contributed by atoms with Crippen molar-refractivity contribution in [1.82, 2.24) is 10.6 Å². The van der Waals surface area contributed by atoms with Crippen LogP contribution >= 0.6 is 0 Å². The van der Waals surface area contributed by atoms with Gasteiger partial charge in [-0.3, -0.25) is 0 Å². The molecular weight excluding hydrogens is 284 g/mol. The first-order valence-electron chi connectivity index (χ1n) is 8.43. The highest BCUT2D eigenvalue weighted by Crippen LogP contribution is 2.39. The number of nitrogens with one attached hydrogen (secondary N) is 2. The Balaban J connectivity index is 0.000000123. The molecule has 0 radical (unpaired) electrons. The molecule has 0 atom stereocenters. The van der Waals surface area contributed by atoms with Crippen LogP contribution in [0.2, 0.25) is 0 Å². The molecule has 6 heteroatoms. The molecule has 0 aromatic heterocycles. The molecule has 2 aliphatic carbocycles. The largest absolute Gasteiger partial charge is 0.473 e. The average molecular weight is 312 g/mol. The monoisotopic (exact) mass is 312 g/mol. The summed E-state index contributed by atoms with van der Waals surface area (Å²) in [6, 6.07) is 0. The van der Waals surface area contributed by atoms with E-state index in [0.29, 0.717) is 11.1 Å². The molecule has 0 aromatic carbocycles. The molecule has 4 N–H and O–H groups in total. The Kier molecular flexibility index (Phi) is 5.81. The van der Waals surface area contributed by atoms with Crippen molar-refractivity contribution < 1.29 is 19.8 Å². The number of hydrogen-bond acceptors (Lipinski definition) is 4. The molecule has 4 aliphatic rings. The fraction of sp³-hybridized carbons (Fsp3) is 0.875. The molecule has 2 saturated carbocycles. The summed E-state index contributed by atoms with van der Waals surface area (Å²) in [5.41, 5.74) is 1.33. The summed E-state index contributed by atoms with van der Waals surface area (Å²) in [7, 11) is 0. The molecule has 6 nitrogen and oxygen atoms in total. The van der Waals surface area contributed by atoms with Gasteiger partial charge in [0.25, 0.3) is 0 Å². The topological polar surface area (TPSA) is 98.7 Å². The van der Waals surface area contributed by atoms with Gasteiger partial charge in [0, 0.05) is 11.1 Å². The summed E-state index contributed by atoms with van der Waals surface area (Å²) in [5, 5.41) is 21.9. The van der Waals surface area contributed by atoms with E-state index in [1.165, 1.54) is 77.3 Å². The van der Waals surface area contributed by atoms with E-state index < -0.39 is 11.9 Å². The maximum absolute atomic E-state index is 9.10. The normalized spacial score (nSPS) is 26.0. The maximum Gasteiger partial charge on any atom is 0.414 e. The van der Waals surface area contributed by atoms with Gasteiger partial charge in [0.05, 0.1) is 0 Å². The summed E-state index contributed by atoms with van der Waals surface area (Å²) < 4.78 is 0. The van der Waals surface area contributed by atoms with Crippen molar-refractivity contribution in [3.05, 3.63) is 0 Å². The lowest BCUT2D eigenvalue weighted by molar-refractivity contribution is -0.159. The van der Waals surface area contributed by atoms with E-state index in [9.17, 15) is 0 Å². The van der Waals surface area contributed by atoms with Crippen molar-refractivity contribution in [3.63, 3.8) is 0 Å². The van der Waals surface area contributed by atoms with Crippen molar-refractivity contribution >= 4 is 11.9 Å². The Morgan fingerprint density at radius 3 is 1.05 bits per heavy atom. The van der Waals surface area contributed by atoms with E-state index in [4.69, 9.17) is 19.8 Å². The number of carboxylic acid groups (broad SMARTS) is 2. The summed E-state index contributed by atoms with van der Waals surface area (Å²) in [6.07, 6.45) is 14.5. The van der Waals surface area contributed by atoms with Crippen molar-refractivity contribution in [2.45, 2.75) is 75.3 Å². The minimum Gasteiger partial charge on any atom is -0.473 e. The standard InChI is InChI=1S/2C7H13N.C2H2O4/c2*1-3-7(4-1)5-2-6-8-7;3-1(4)2(5)6/h2*8H,1-6H2;(H,3,4)(H,5,6). The van der Waals surface area contributed by atoms with Crippen LogP contribution in [0.3, 0.4) is 0 Å². The van der Waals surface area contributed by atoms with Crippen LogP contribution in [-0.2, 0) is 9.59 Å². The molecule has 22 heavy (non-hydrogen) atoms. The van der Waals surface area contributed by atoms with Crippen LogP contribution in [0.15, 0.2) is 0 Å². The molecule has 2 spiro atoms. The molecule has 2 saturated heterocycles. The Hall–Kier alpha value is -1.14. The van der Waals surface area contributed by atoms with Crippen LogP contribution < -0.4 is 10.6 Å². The van der Waals surface area contributed by atoms with Crippen LogP contribution in [0, 0.1) is 0 Å². The van der Waals surface area contributed by atoms with Crippen molar-refractivity contribution in [2.75, 3.05) is 13.1 Å². The second-order valence-electron chi connectivity index (χ2n) is 6.94. The number of carboxylic acids is 2. The van der Waals surface area contributed by atoms with Crippen LogP contribution in [0.4, 0.5) is 0 Å². The SMILES string of the molecule is C1CNC2(C1)CCC2.C1CNC2(C1)CCC2.O=C(O)C(=O)O. The number of rotatable bonds is 0. The molecule has 0 bridgehead atoms. The van der Waals surface area contributed by atoms with E-state index in [1.54, 1.807) is 0 Å². The number of hydrogen-bond donors (Lipinski definition) is 4. The van der Waals surface area contributed by atoms with Gasteiger partial charge in [-0.05, 0) is 77.3 Å². The first kappa shape index (κ1) is 17.2. The molecule has 0 unspecified atom stereocenters. The van der Waals surface area contributed by atoms with Crippen molar-refractivity contribution in [1.29, 1.82) is 0 Å². The zero-order chi connectivity index (χ0) is 16.1. The predicted octanol–water partition coefficient (Wildman–Crippen LogP) is 1.74. The van der Waals surface area contributed by atoms with Gasteiger partial charge in [-0.25, -0.2) is 9.59 Å². The van der Waals surface area contributed by atoms with Crippen LogP contribution in [0.5, 0.6) is 0 Å². The quantitative estimate of drug-likeness (QED) is 0.509. The first-order valence-corrected chi connectivity index (χ1v) is 8.43. The fourth-order valence-corrected chi connectivity index (χ4v) is 3.80. The van der Waals surface area contributed by atoms with Gasteiger partial charge >= 0.3 is 11.9 Å². The Labute approximate surface area is 131 Å². The third kappa shape index (κ3) is 4.43. The molecule has 0 aromatic rings. The van der Waals surface area contributed by atoms with E-state index in [0.717, 1.165) is 0 Å². The summed E-state index contributed by atoms with van der Waals surface area (Å²) in [4.78, 5) is 18.2. The third-order valence-corrected chi connectivity index (χ3v) is 5.47. The van der Waals surface area contributed by atoms with Crippen LogP contribution in [-0.4, -0.2) is 46.3 Å². The van der Waals surface area contributed by atoms with Gasteiger partial charge in [-0.1, -0.05) is 0 Å². The van der Waals surface area contributed by atoms with Crippen LogP contribution in [0.25, 0.3) is 0 Å². The minimum atomic E-state index is -1.82. The Morgan fingerprint density at radius 1 is 0.636 bits per heavy atom. The van der Waals surface area contributed by atoms with Gasteiger partial charge in [0.2, 0.25) is 0 Å². The van der Waals surface area contributed by atoms with E-state index in [-0.39, 0.29) is 0 Å². The molecule has 126 valence electrons. The maximum atomic E-state index is 9.10. The third-order valence-electron chi connectivity index (χ3n) is 5.47. The van der Waals surface area contributed by atoms with E-state index >= 15 is 0 Å². The zero-order valence-electron chi connectivity index (χ0n) is 13.2. The highest BCUT2D eigenvalue weighted by Gasteiger charge is 2.39. The molecule has 2 aliphatic heterocycles. The van der Waals surface area contributed by atoms with Crippen molar-refractivity contribution in [2.24, 2.45) is 0 Å². The molecular formula is C16H28N2O4. The minimum absolute atomic E-state index is 0.667. The second kappa shape index (κ2) is 7.42. The van der Waals surface area contributed by atoms with E-state index in [1.807, 2.05) is 0 Å². The lowest BCUT2D eigenvalue weighted by Crippen LogP contribution is -2.45. The molecule has 4 fully saturated rings. The Morgan fingerprint density at radius 2 is 0.955 bits per heavy atom. The molecule has 0 amide bonds. The number of carbonyl (C=O) groups is 2. The highest BCUT2D eigenvalue weighted by molar-refractivity contribution is 6.27. The lowest BCUT2D eigenvalue weighted by Gasteiger charge is -2.38. The second-order valence-corrected chi connectivity index (χ2v) is 6.94.